The van der Waals surface area contributed by atoms with Gasteiger partial charge in [-0.3, -0.25) is 4.79 Å². The van der Waals surface area contributed by atoms with E-state index in [0.717, 1.165) is 42.0 Å². The van der Waals surface area contributed by atoms with Crippen LogP contribution in [0.5, 0.6) is 0 Å². The van der Waals surface area contributed by atoms with Gasteiger partial charge in [0, 0.05) is 17.9 Å². The molecule has 0 radical (unpaired) electrons. The molecule has 1 fully saturated rings. The number of aromatic amines is 1. The normalized spacial score (nSPS) is 17.5. The first kappa shape index (κ1) is 14.0. The van der Waals surface area contributed by atoms with Crippen molar-refractivity contribution in [3.63, 3.8) is 0 Å². The summed E-state index contributed by atoms with van der Waals surface area (Å²) < 4.78 is 5.66. The second kappa shape index (κ2) is 5.85. The van der Waals surface area contributed by atoms with Gasteiger partial charge in [0.25, 0.3) is 5.91 Å². The summed E-state index contributed by atoms with van der Waals surface area (Å²) in [7, 11) is 0. The molecule has 3 aromatic rings. The molecule has 4 rings (SSSR count). The summed E-state index contributed by atoms with van der Waals surface area (Å²) in [5.41, 5.74) is 3.17. The predicted octanol–water partition coefficient (Wildman–Crippen LogP) is 3.67. The second-order valence-electron chi connectivity index (χ2n) is 5.68. The first-order chi connectivity index (χ1) is 11.3. The molecule has 0 saturated carbocycles. The van der Waals surface area contributed by atoms with Gasteiger partial charge in [0.2, 0.25) is 0 Å². The maximum atomic E-state index is 12.2. The van der Waals surface area contributed by atoms with Crippen molar-refractivity contribution in [1.82, 2.24) is 9.97 Å². The van der Waals surface area contributed by atoms with Crippen LogP contribution in [0.2, 0.25) is 0 Å². The van der Waals surface area contributed by atoms with Crippen LogP contribution in [-0.4, -0.2) is 22.5 Å². The van der Waals surface area contributed by atoms with Gasteiger partial charge < -0.3 is 15.0 Å². The molecule has 5 heteroatoms. The Balaban J connectivity index is 1.57. The largest absolute Gasteiger partial charge is 0.370 e. The molecule has 1 saturated heterocycles. The number of aromatic nitrogens is 2. The van der Waals surface area contributed by atoms with Gasteiger partial charge in [0.15, 0.2) is 0 Å². The van der Waals surface area contributed by atoms with E-state index in [0.29, 0.717) is 5.56 Å². The minimum Gasteiger partial charge on any atom is -0.370 e. The van der Waals surface area contributed by atoms with Gasteiger partial charge in [-0.1, -0.05) is 18.2 Å². The Kier molecular flexibility index (Phi) is 3.55. The molecular formula is C18H17N3O2. The summed E-state index contributed by atoms with van der Waals surface area (Å²) in [4.78, 5) is 20.1. The number of H-pyrrole nitrogens is 1. The average molecular weight is 307 g/mol. The molecule has 1 aliphatic heterocycles. The lowest BCUT2D eigenvalue weighted by Crippen LogP contribution is -2.11. The molecule has 0 aliphatic carbocycles. The Morgan fingerprint density at radius 1 is 1.22 bits per heavy atom. The first-order valence-electron chi connectivity index (χ1n) is 7.77. The smallest absolute Gasteiger partial charge is 0.255 e. The van der Waals surface area contributed by atoms with Crippen molar-refractivity contribution in [3.8, 4) is 0 Å². The van der Waals surface area contributed by atoms with E-state index >= 15 is 0 Å². The molecule has 116 valence electrons. The van der Waals surface area contributed by atoms with Crippen LogP contribution in [0.15, 0.2) is 48.5 Å². The van der Waals surface area contributed by atoms with E-state index in [9.17, 15) is 4.79 Å². The molecule has 23 heavy (non-hydrogen) atoms. The Hall–Kier alpha value is -2.66. The number of anilines is 1. The molecule has 0 bridgehead atoms. The third-order valence-corrected chi connectivity index (χ3v) is 4.03. The molecule has 2 heterocycles. The van der Waals surface area contributed by atoms with Crippen LogP contribution in [0, 0.1) is 0 Å². The highest BCUT2D eigenvalue weighted by molar-refractivity contribution is 6.04. The maximum Gasteiger partial charge on any atom is 0.255 e. The number of hydrogen-bond donors (Lipinski definition) is 2. The lowest BCUT2D eigenvalue weighted by atomic mass is 10.2. The summed E-state index contributed by atoms with van der Waals surface area (Å²) >= 11 is 0. The predicted molar refractivity (Wildman–Crippen MR) is 88.4 cm³/mol. The fourth-order valence-electron chi connectivity index (χ4n) is 2.85. The van der Waals surface area contributed by atoms with E-state index < -0.39 is 0 Å². The van der Waals surface area contributed by atoms with Crippen LogP contribution in [0.1, 0.15) is 35.1 Å². The molecule has 1 unspecified atom stereocenters. The number of amides is 1. The van der Waals surface area contributed by atoms with Crippen LogP contribution in [0.3, 0.4) is 0 Å². The monoisotopic (exact) mass is 307 g/mol. The zero-order valence-corrected chi connectivity index (χ0v) is 12.6. The van der Waals surface area contributed by atoms with E-state index in [2.05, 4.69) is 15.3 Å². The van der Waals surface area contributed by atoms with Crippen molar-refractivity contribution in [1.29, 1.82) is 0 Å². The lowest BCUT2D eigenvalue weighted by Gasteiger charge is -2.05. The van der Waals surface area contributed by atoms with Crippen LogP contribution < -0.4 is 5.32 Å². The number of carbonyl (C=O) groups excluding carboxylic acids is 1. The number of ether oxygens (including phenoxy) is 1. The number of nitrogens with zero attached hydrogens (tertiary/aromatic N) is 1. The number of benzene rings is 2. The van der Waals surface area contributed by atoms with E-state index in [4.69, 9.17) is 4.74 Å². The molecule has 2 aromatic carbocycles. The number of rotatable bonds is 3. The van der Waals surface area contributed by atoms with Gasteiger partial charge in [-0.2, -0.15) is 0 Å². The summed E-state index contributed by atoms with van der Waals surface area (Å²) in [6.45, 7) is 0.792. The van der Waals surface area contributed by atoms with Crippen molar-refractivity contribution < 1.29 is 9.53 Å². The summed E-state index contributed by atoms with van der Waals surface area (Å²) in [5, 5.41) is 2.91. The number of hydrogen-bond acceptors (Lipinski definition) is 3. The van der Waals surface area contributed by atoms with Gasteiger partial charge in [0.1, 0.15) is 11.9 Å². The van der Waals surface area contributed by atoms with E-state index in [1.807, 2.05) is 36.4 Å². The maximum absolute atomic E-state index is 12.2. The average Bonchev–Trinajstić information content (AvgIpc) is 3.24. The third-order valence-electron chi connectivity index (χ3n) is 4.03. The topological polar surface area (TPSA) is 67.0 Å². The van der Waals surface area contributed by atoms with Crippen LogP contribution in [-0.2, 0) is 4.74 Å². The molecule has 5 nitrogen and oxygen atoms in total. The van der Waals surface area contributed by atoms with Gasteiger partial charge in [-0.15, -0.1) is 0 Å². The Morgan fingerprint density at radius 2 is 2.09 bits per heavy atom. The molecule has 0 spiro atoms. The highest BCUT2D eigenvalue weighted by Crippen LogP contribution is 2.28. The quantitative estimate of drug-likeness (QED) is 0.776. The Morgan fingerprint density at radius 3 is 2.87 bits per heavy atom. The first-order valence-corrected chi connectivity index (χ1v) is 7.77. The Labute approximate surface area is 133 Å². The van der Waals surface area contributed by atoms with Crippen LogP contribution >= 0.6 is 0 Å². The molecule has 1 atom stereocenters. The SMILES string of the molecule is O=C(Nc1ccc2nc(C3CCCO3)[nH]c2c1)c1ccccc1. The molecule has 1 aliphatic rings. The van der Waals surface area contributed by atoms with Gasteiger partial charge >= 0.3 is 0 Å². The fourth-order valence-corrected chi connectivity index (χ4v) is 2.85. The molecule has 1 amide bonds. The second-order valence-corrected chi connectivity index (χ2v) is 5.68. The van der Waals surface area contributed by atoms with Gasteiger partial charge in [-0.25, -0.2) is 4.98 Å². The fraction of sp³-hybridized carbons (Fsp3) is 0.222. The van der Waals surface area contributed by atoms with Crippen LogP contribution in [0.4, 0.5) is 5.69 Å². The molecule has 1 aromatic heterocycles. The van der Waals surface area contributed by atoms with E-state index in [-0.39, 0.29) is 12.0 Å². The minimum absolute atomic E-state index is 0.0600. The van der Waals surface area contributed by atoms with Crippen molar-refractivity contribution in [3.05, 3.63) is 59.9 Å². The minimum atomic E-state index is -0.121. The summed E-state index contributed by atoms with van der Waals surface area (Å²) in [6, 6.07) is 14.8. The number of nitrogens with one attached hydrogen (secondary N) is 2. The summed E-state index contributed by atoms with van der Waals surface area (Å²) in [5.74, 6) is 0.743. The molecule has 2 N–H and O–H groups in total. The molecular weight excluding hydrogens is 290 g/mol. The van der Waals surface area contributed by atoms with Crippen molar-refractivity contribution >= 4 is 22.6 Å². The van der Waals surface area contributed by atoms with E-state index in [1.54, 1.807) is 12.1 Å². The van der Waals surface area contributed by atoms with Gasteiger partial charge in [0.05, 0.1) is 11.0 Å². The summed E-state index contributed by atoms with van der Waals surface area (Å²) in [6.07, 6.45) is 2.13. The standard InChI is InChI=1S/C18H17N3O2/c22-18(12-5-2-1-3-6-12)19-13-8-9-14-15(11-13)21-17(20-14)16-7-4-10-23-16/h1-3,5-6,8-9,11,16H,4,7,10H2,(H,19,22)(H,20,21). The van der Waals surface area contributed by atoms with Gasteiger partial charge in [-0.05, 0) is 43.2 Å². The zero-order valence-electron chi connectivity index (χ0n) is 12.6. The number of fused-ring (bicyclic) bond motifs is 1. The number of imidazole rings is 1. The van der Waals surface area contributed by atoms with Crippen molar-refractivity contribution in [2.75, 3.05) is 11.9 Å². The number of carbonyl (C=O) groups is 1. The highest BCUT2D eigenvalue weighted by Gasteiger charge is 2.21. The van der Waals surface area contributed by atoms with Crippen molar-refractivity contribution in [2.24, 2.45) is 0 Å². The van der Waals surface area contributed by atoms with E-state index in [1.165, 1.54) is 0 Å². The zero-order chi connectivity index (χ0) is 15.6. The third kappa shape index (κ3) is 2.83. The van der Waals surface area contributed by atoms with Crippen LogP contribution in [0.25, 0.3) is 11.0 Å². The Bertz CT molecular complexity index is 836. The van der Waals surface area contributed by atoms with Crippen molar-refractivity contribution in [2.45, 2.75) is 18.9 Å². The lowest BCUT2D eigenvalue weighted by molar-refractivity contribution is 0.102. The highest BCUT2D eigenvalue weighted by atomic mass is 16.5.